The highest BCUT2D eigenvalue weighted by Gasteiger charge is 2.10. The Morgan fingerprint density at radius 3 is 2.81 bits per heavy atom. The molecule has 0 fully saturated rings. The van der Waals surface area contributed by atoms with Crippen LogP contribution in [0.15, 0.2) is 30.6 Å². The van der Waals surface area contributed by atoms with Crippen LogP contribution in [0.5, 0.6) is 0 Å². The van der Waals surface area contributed by atoms with Gasteiger partial charge < -0.3 is 10.2 Å². The molecule has 2 aromatic rings. The monoisotopic (exact) mass is 326 g/mol. The van der Waals surface area contributed by atoms with Crippen LogP contribution in [0, 0.1) is 0 Å². The summed E-state index contributed by atoms with van der Waals surface area (Å²) in [6, 6.07) is 5.02. The Morgan fingerprint density at radius 1 is 1.43 bits per heavy atom. The number of urea groups is 1. The molecule has 0 spiro atoms. The molecule has 0 unspecified atom stereocenters. The predicted octanol–water partition coefficient (Wildman–Crippen LogP) is 3.07. The summed E-state index contributed by atoms with van der Waals surface area (Å²) in [6.07, 6.45) is 3.61. The molecule has 7 heteroatoms. The molecule has 0 saturated heterocycles. The summed E-state index contributed by atoms with van der Waals surface area (Å²) in [5.41, 5.74) is 1.80. The van der Waals surface area contributed by atoms with E-state index in [-0.39, 0.29) is 6.03 Å². The highest BCUT2D eigenvalue weighted by Crippen LogP contribution is 2.20. The van der Waals surface area contributed by atoms with Gasteiger partial charge in [0.15, 0.2) is 0 Å². The molecule has 0 aliphatic heterocycles. The first-order chi connectivity index (χ1) is 9.95. The van der Waals surface area contributed by atoms with Crippen molar-refractivity contribution in [2.75, 3.05) is 7.05 Å². The fourth-order valence-electron chi connectivity index (χ4n) is 1.87. The van der Waals surface area contributed by atoms with Crippen LogP contribution in [0.2, 0.25) is 10.0 Å². The van der Waals surface area contributed by atoms with Gasteiger partial charge in [0, 0.05) is 42.4 Å². The SMILES string of the molecule is CN(Cc1cnn(C)c1)C(=O)NCc1ccc(Cl)cc1Cl. The number of nitrogens with zero attached hydrogens (tertiary/aromatic N) is 3. The molecule has 5 nitrogen and oxygen atoms in total. The molecule has 21 heavy (non-hydrogen) atoms. The number of carbonyl (C=O) groups is 1. The second kappa shape index (κ2) is 6.83. The zero-order valence-electron chi connectivity index (χ0n) is 11.8. The summed E-state index contributed by atoms with van der Waals surface area (Å²) in [5.74, 6) is 0. The van der Waals surface area contributed by atoms with Crippen molar-refractivity contribution in [1.29, 1.82) is 0 Å². The Hall–Kier alpha value is -1.72. The Kier molecular flexibility index (Phi) is 5.09. The highest BCUT2D eigenvalue weighted by atomic mass is 35.5. The van der Waals surface area contributed by atoms with Crippen molar-refractivity contribution in [3.63, 3.8) is 0 Å². The number of amides is 2. The maximum Gasteiger partial charge on any atom is 0.317 e. The van der Waals surface area contributed by atoms with Gasteiger partial charge in [0.1, 0.15) is 0 Å². The van der Waals surface area contributed by atoms with E-state index in [1.54, 1.807) is 41.0 Å². The molecule has 2 amide bonds. The normalized spacial score (nSPS) is 10.5. The molecule has 0 atom stereocenters. The number of hydrogen-bond acceptors (Lipinski definition) is 2. The van der Waals surface area contributed by atoms with Gasteiger partial charge in [-0.05, 0) is 17.7 Å². The summed E-state index contributed by atoms with van der Waals surface area (Å²) in [5, 5.41) is 8.00. The summed E-state index contributed by atoms with van der Waals surface area (Å²) >= 11 is 11.9. The van der Waals surface area contributed by atoms with Crippen molar-refractivity contribution < 1.29 is 4.79 Å². The van der Waals surface area contributed by atoms with Gasteiger partial charge >= 0.3 is 6.03 Å². The van der Waals surface area contributed by atoms with Crippen molar-refractivity contribution >= 4 is 29.2 Å². The molecule has 0 radical (unpaired) electrons. The standard InChI is InChI=1S/C14H16Cl2N4O/c1-19(8-10-6-18-20(2)9-10)14(21)17-7-11-3-4-12(15)5-13(11)16/h3-6,9H,7-8H2,1-2H3,(H,17,21). The lowest BCUT2D eigenvalue weighted by Gasteiger charge is -2.17. The van der Waals surface area contributed by atoms with Gasteiger partial charge in [0.05, 0.1) is 12.7 Å². The van der Waals surface area contributed by atoms with Crippen molar-refractivity contribution in [1.82, 2.24) is 20.0 Å². The summed E-state index contributed by atoms with van der Waals surface area (Å²) < 4.78 is 1.70. The third-order valence-corrected chi connectivity index (χ3v) is 3.56. The van der Waals surface area contributed by atoms with Gasteiger partial charge in [-0.25, -0.2) is 4.79 Å². The van der Waals surface area contributed by atoms with Crippen LogP contribution in [0.3, 0.4) is 0 Å². The summed E-state index contributed by atoms with van der Waals surface area (Å²) in [6.45, 7) is 0.847. The molecule has 1 aromatic heterocycles. The van der Waals surface area contributed by atoms with E-state index in [2.05, 4.69) is 10.4 Å². The third kappa shape index (κ3) is 4.37. The molecule has 0 aliphatic carbocycles. The van der Waals surface area contributed by atoms with E-state index >= 15 is 0 Å². The van der Waals surface area contributed by atoms with E-state index in [1.807, 2.05) is 13.2 Å². The van der Waals surface area contributed by atoms with E-state index in [9.17, 15) is 4.79 Å². The van der Waals surface area contributed by atoms with Crippen molar-refractivity contribution in [3.8, 4) is 0 Å². The molecule has 1 heterocycles. The molecule has 0 aliphatic rings. The van der Waals surface area contributed by atoms with Gasteiger partial charge in [-0.2, -0.15) is 5.10 Å². The molecule has 1 aromatic carbocycles. The first-order valence-electron chi connectivity index (χ1n) is 6.36. The van der Waals surface area contributed by atoms with Gasteiger partial charge in [0.25, 0.3) is 0 Å². The summed E-state index contributed by atoms with van der Waals surface area (Å²) in [4.78, 5) is 13.6. The van der Waals surface area contributed by atoms with E-state index in [0.717, 1.165) is 11.1 Å². The number of benzene rings is 1. The first-order valence-corrected chi connectivity index (χ1v) is 7.11. The number of rotatable bonds is 4. The van der Waals surface area contributed by atoms with Gasteiger partial charge in [-0.1, -0.05) is 29.3 Å². The second-order valence-corrected chi connectivity index (χ2v) is 5.62. The van der Waals surface area contributed by atoms with E-state index in [1.165, 1.54) is 0 Å². The van der Waals surface area contributed by atoms with Gasteiger partial charge in [0.2, 0.25) is 0 Å². The van der Waals surface area contributed by atoms with E-state index < -0.39 is 0 Å². The third-order valence-electron chi connectivity index (χ3n) is 2.97. The minimum Gasteiger partial charge on any atom is -0.334 e. The van der Waals surface area contributed by atoms with Crippen molar-refractivity contribution in [2.45, 2.75) is 13.1 Å². The van der Waals surface area contributed by atoms with Crippen LogP contribution in [-0.2, 0) is 20.1 Å². The van der Waals surface area contributed by atoms with Crippen LogP contribution < -0.4 is 5.32 Å². The fraction of sp³-hybridized carbons (Fsp3) is 0.286. The maximum absolute atomic E-state index is 12.0. The van der Waals surface area contributed by atoms with E-state index in [0.29, 0.717) is 23.1 Å². The Balaban J connectivity index is 1.89. The average molecular weight is 327 g/mol. The van der Waals surface area contributed by atoms with Crippen molar-refractivity contribution in [3.05, 3.63) is 51.8 Å². The molecule has 1 N–H and O–H groups in total. The lowest BCUT2D eigenvalue weighted by atomic mass is 10.2. The van der Waals surface area contributed by atoms with Crippen LogP contribution in [0.4, 0.5) is 4.79 Å². The Bertz CT molecular complexity index is 642. The average Bonchev–Trinajstić information content (AvgIpc) is 2.82. The number of halogens is 2. The fourth-order valence-corrected chi connectivity index (χ4v) is 2.35. The molecule has 0 bridgehead atoms. The van der Waals surface area contributed by atoms with Gasteiger partial charge in [-0.15, -0.1) is 0 Å². The highest BCUT2D eigenvalue weighted by molar-refractivity contribution is 6.35. The molecular weight excluding hydrogens is 311 g/mol. The maximum atomic E-state index is 12.0. The largest absolute Gasteiger partial charge is 0.334 e. The Labute approximate surface area is 133 Å². The van der Waals surface area contributed by atoms with Crippen LogP contribution in [0.1, 0.15) is 11.1 Å². The quantitative estimate of drug-likeness (QED) is 0.938. The van der Waals surface area contributed by atoms with Crippen LogP contribution >= 0.6 is 23.2 Å². The minimum atomic E-state index is -0.176. The number of nitrogens with one attached hydrogen (secondary N) is 1. The molecular formula is C14H16Cl2N4O. The summed E-state index contributed by atoms with van der Waals surface area (Å²) in [7, 11) is 3.57. The number of aromatic nitrogens is 2. The Morgan fingerprint density at radius 2 is 2.19 bits per heavy atom. The lowest BCUT2D eigenvalue weighted by Crippen LogP contribution is -2.36. The number of carbonyl (C=O) groups excluding carboxylic acids is 1. The zero-order chi connectivity index (χ0) is 15.4. The zero-order valence-corrected chi connectivity index (χ0v) is 13.3. The second-order valence-electron chi connectivity index (χ2n) is 4.77. The van der Waals surface area contributed by atoms with Crippen LogP contribution in [0.25, 0.3) is 0 Å². The smallest absolute Gasteiger partial charge is 0.317 e. The molecule has 112 valence electrons. The van der Waals surface area contributed by atoms with Gasteiger partial charge in [-0.3, -0.25) is 4.68 Å². The molecule has 0 saturated carbocycles. The van der Waals surface area contributed by atoms with Crippen LogP contribution in [-0.4, -0.2) is 27.8 Å². The molecule has 2 rings (SSSR count). The first kappa shape index (κ1) is 15.7. The predicted molar refractivity (Wildman–Crippen MR) is 83.4 cm³/mol. The number of aryl methyl sites for hydroxylation is 1. The lowest BCUT2D eigenvalue weighted by molar-refractivity contribution is 0.206. The minimum absolute atomic E-state index is 0.176. The number of hydrogen-bond donors (Lipinski definition) is 1. The van der Waals surface area contributed by atoms with Crippen molar-refractivity contribution in [2.24, 2.45) is 7.05 Å². The van der Waals surface area contributed by atoms with E-state index in [4.69, 9.17) is 23.2 Å². The topological polar surface area (TPSA) is 50.2 Å².